The summed E-state index contributed by atoms with van der Waals surface area (Å²) in [5.41, 5.74) is 6.60. The Labute approximate surface area is 251 Å². The van der Waals surface area contributed by atoms with Crippen molar-refractivity contribution in [2.24, 2.45) is 7.05 Å². The lowest BCUT2D eigenvalue weighted by molar-refractivity contribution is 0.262. The number of carbonyl (C=O) groups excluding carboxylic acids is 1. The summed E-state index contributed by atoms with van der Waals surface area (Å²) < 4.78 is 9.59. The number of urea groups is 1. The van der Waals surface area contributed by atoms with E-state index in [1.807, 2.05) is 42.2 Å². The SMILES string of the molecule is CN1CCc2ccc(-n3nc(C(C)(C)C)cc3NC(=O)Nc3ccc(Oc4ccnc(-c5cnn(C)c5)c4)cc3)cc2C1. The first-order chi connectivity index (χ1) is 20.6. The second-order valence-corrected chi connectivity index (χ2v) is 12.0. The van der Waals surface area contributed by atoms with E-state index in [9.17, 15) is 4.79 Å². The molecule has 0 spiro atoms. The Morgan fingerprint density at radius 1 is 0.930 bits per heavy atom. The summed E-state index contributed by atoms with van der Waals surface area (Å²) in [6.45, 7) is 8.29. The van der Waals surface area contributed by atoms with E-state index < -0.39 is 0 Å². The molecule has 0 saturated carbocycles. The number of carbonyl (C=O) groups is 1. The van der Waals surface area contributed by atoms with Crippen LogP contribution in [-0.2, 0) is 25.4 Å². The average molecular weight is 577 g/mol. The van der Waals surface area contributed by atoms with Gasteiger partial charge in [-0.15, -0.1) is 0 Å². The maximum atomic E-state index is 13.1. The van der Waals surface area contributed by atoms with Gasteiger partial charge in [0.05, 0.1) is 23.3 Å². The topological polar surface area (TPSA) is 102 Å². The van der Waals surface area contributed by atoms with E-state index in [1.54, 1.807) is 35.3 Å². The van der Waals surface area contributed by atoms with Gasteiger partial charge < -0.3 is 15.0 Å². The highest BCUT2D eigenvalue weighted by Crippen LogP contribution is 2.29. The standard InChI is InChI=1S/C33H36N8O2/c1-33(2,3)30-18-31(41(38-30)26-9-6-22-13-15-39(4)20-23(22)16-26)37-32(42)36-25-7-10-27(11-8-25)43-28-12-14-34-29(17-28)24-19-35-40(5)21-24/h6-12,14,16-19,21H,13,15,20H2,1-5H3,(H2,36,37,42). The molecule has 0 saturated heterocycles. The van der Waals surface area contributed by atoms with Gasteiger partial charge in [-0.3, -0.25) is 15.0 Å². The van der Waals surface area contributed by atoms with E-state index in [0.717, 1.165) is 42.1 Å². The van der Waals surface area contributed by atoms with Crippen LogP contribution in [0.4, 0.5) is 16.3 Å². The summed E-state index contributed by atoms with van der Waals surface area (Å²) in [6.07, 6.45) is 6.40. The number of rotatable bonds is 6. The largest absolute Gasteiger partial charge is 0.457 e. The summed E-state index contributed by atoms with van der Waals surface area (Å²) >= 11 is 0. The number of likely N-dealkylation sites (N-methyl/N-ethyl adjacent to an activating group) is 1. The third-order valence-electron chi connectivity index (χ3n) is 7.44. The van der Waals surface area contributed by atoms with Crippen molar-refractivity contribution in [2.75, 3.05) is 24.2 Å². The normalized spacial score (nSPS) is 13.4. The molecule has 43 heavy (non-hydrogen) atoms. The van der Waals surface area contributed by atoms with E-state index in [-0.39, 0.29) is 11.4 Å². The minimum Gasteiger partial charge on any atom is -0.457 e. The first kappa shape index (κ1) is 28.2. The summed E-state index contributed by atoms with van der Waals surface area (Å²) in [4.78, 5) is 19.9. The Bertz CT molecular complexity index is 1760. The van der Waals surface area contributed by atoms with E-state index in [0.29, 0.717) is 23.0 Å². The van der Waals surface area contributed by atoms with E-state index in [2.05, 4.69) is 71.6 Å². The van der Waals surface area contributed by atoms with Gasteiger partial charge in [0.2, 0.25) is 0 Å². The molecule has 220 valence electrons. The van der Waals surface area contributed by atoms with Gasteiger partial charge >= 0.3 is 6.03 Å². The molecule has 0 radical (unpaired) electrons. The van der Waals surface area contributed by atoms with Crippen molar-refractivity contribution in [1.82, 2.24) is 29.4 Å². The van der Waals surface area contributed by atoms with Crippen LogP contribution in [0, 0.1) is 0 Å². The van der Waals surface area contributed by atoms with Crippen LogP contribution in [0.15, 0.2) is 79.3 Å². The van der Waals surface area contributed by atoms with Gasteiger partial charge in [0.1, 0.15) is 17.3 Å². The smallest absolute Gasteiger partial charge is 0.324 e. The van der Waals surface area contributed by atoms with Gasteiger partial charge in [-0.1, -0.05) is 26.8 Å². The van der Waals surface area contributed by atoms with Crippen molar-refractivity contribution < 1.29 is 9.53 Å². The number of ether oxygens (including phenoxy) is 1. The zero-order valence-corrected chi connectivity index (χ0v) is 25.1. The third-order valence-corrected chi connectivity index (χ3v) is 7.44. The Morgan fingerprint density at radius 3 is 2.49 bits per heavy atom. The zero-order chi connectivity index (χ0) is 30.1. The van der Waals surface area contributed by atoms with Gasteiger partial charge in [-0.05, 0) is 67.1 Å². The minimum atomic E-state index is -0.358. The number of pyridine rings is 1. The Hall–Kier alpha value is -4.96. The predicted molar refractivity (Wildman–Crippen MR) is 168 cm³/mol. The highest BCUT2D eigenvalue weighted by molar-refractivity contribution is 5.99. The second kappa shape index (κ2) is 11.4. The molecular formula is C33H36N8O2. The van der Waals surface area contributed by atoms with Crippen LogP contribution in [0.2, 0.25) is 0 Å². The van der Waals surface area contributed by atoms with Crippen LogP contribution in [0.25, 0.3) is 16.9 Å². The molecule has 1 aliphatic heterocycles. The fourth-order valence-corrected chi connectivity index (χ4v) is 5.06. The zero-order valence-electron chi connectivity index (χ0n) is 25.1. The summed E-state index contributed by atoms with van der Waals surface area (Å²) in [5, 5.41) is 15.0. The molecule has 5 aromatic rings. The number of amides is 2. The Balaban J connectivity index is 1.16. The van der Waals surface area contributed by atoms with E-state index >= 15 is 0 Å². The van der Waals surface area contributed by atoms with Gasteiger partial charge in [0, 0.05) is 61.3 Å². The molecule has 3 aromatic heterocycles. The molecule has 10 heteroatoms. The maximum absolute atomic E-state index is 13.1. The minimum absolute atomic E-state index is 0.185. The Kier molecular flexibility index (Phi) is 7.45. The van der Waals surface area contributed by atoms with Crippen molar-refractivity contribution in [1.29, 1.82) is 0 Å². The number of aryl methyl sites for hydroxylation is 1. The molecule has 0 aliphatic carbocycles. The van der Waals surface area contributed by atoms with Crippen LogP contribution in [-0.4, -0.2) is 49.1 Å². The van der Waals surface area contributed by atoms with E-state index in [4.69, 9.17) is 9.84 Å². The number of nitrogens with zero attached hydrogens (tertiary/aromatic N) is 6. The van der Waals surface area contributed by atoms with Gasteiger partial charge in [-0.25, -0.2) is 9.48 Å². The number of anilines is 2. The number of fused-ring (bicyclic) bond motifs is 1. The molecule has 2 amide bonds. The first-order valence-electron chi connectivity index (χ1n) is 14.3. The summed E-state index contributed by atoms with van der Waals surface area (Å²) in [7, 11) is 4.00. The number of nitrogens with one attached hydrogen (secondary N) is 2. The van der Waals surface area contributed by atoms with E-state index in [1.165, 1.54) is 11.1 Å². The molecule has 2 aromatic carbocycles. The van der Waals surface area contributed by atoms with Crippen molar-refractivity contribution in [3.63, 3.8) is 0 Å². The quantitative estimate of drug-likeness (QED) is 0.243. The molecule has 0 bridgehead atoms. The van der Waals surface area contributed by atoms with Crippen molar-refractivity contribution in [3.8, 4) is 28.4 Å². The van der Waals surface area contributed by atoms with Crippen LogP contribution in [0.5, 0.6) is 11.5 Å². The van der Waals surface area contributed by atoms with Crippen molar-refractivity contribution >= 4 is 17.5 Å². The Morgan fingerprint density at radius 2 is 1.74 bits per heavy atom. The van der Waals surface area contributed by atoms with Crippen LogP contribution in [0.1, 0.15) is 37.6 Å². The molecular weight excluding hydrogens is 540 g/mol. The molecule has 10 nitrogen and oxygen atoms in total. The monoisotopic (exact) mass is 576 g/mol. The lowest BCUT2D eigenvalue weighted by Crippen LogP contribution is -2.26. The number of hydrogen-bond donors (Lipinski definition) is 2. The average Bonchev–Trinajstić information content (AvgIpc) is 3.60. The fraction of sp³-hybridized carbons (Fsp3) is 0.273. The van der Waals surface area contributed by atoms with Crippen molar-refractivity contribution in [3.05, 3.63) is 96.1 Å². The fourth-order valence-electron chi connectivity index (χ4n) is 5.06. The molecule has 6 rings (SSSR count). The molecule has 0 fully saturated rings. The lowest BCUT2D eigenvalue weighted by Gasteiger charge is -2.25. The van der Waals surface area contributed by atoms with Crippen molar-refractivity contribution in [2.45, 2.75) is 39.2 Å². The van der Waals surface area contributed by atoms with Gasteiger partial charge in [0.15, 0.2) is 0 Å². The lowest BCUT2D eigenvalue weighted by atomic mass is 9.92. The van der Waals surface area contributed by atoms with Gasteiger partial charge in [-0.2, -0.15) is 10.2 Å². The first-order valence-corrected chi connectivity index (χ1v) is 14.3. The molecule has 0 unspecified atom stereocenters. The van der Waals surface area contributed by atoms with Crippen LogP contribution in [0.3, 0.4) is 0 Å². The molecule has 4 heterocycles. The molecule has 2 N–H and O–H groups in total. The maximum Gasteiger partial charge on any atom is 0.324 e. The highest BCUT2D eigenvalue weighted by atomic mass is 16.5. The number of aromatic nitrogens is 5. The summed E-state index contributed by atoms with van der Waals surface area (Å²) in [6, 6.07) is 18.9. The summed E-state index contributed by atoms with van der Waals surface area (Å²) in [5.74, 6) is 1.90. The van der Waals surface area contributed by atoms with Crippen LogP contribution >= 0.6 is 0 Å². The molecule has 0 atom stereocenters. The van der Waals surface area contributed by atoms with Crippen LogP contribution < -0.4 is 15.4 Å². The second-order valence-electron chi connectivity index (χ2n) is 12.0. The van der Waals surface area contributed by atoms with Gasteiger partial charge in [0.25, 0.3) is 0 Å². The third kappa shape index (κ3) is 6.44. The highest BCUT2D eigenvalue weighted by Gasteiger charge is 2.23. The number of hydrogen-bond acceptors (Lipinski definition) is 6. The number of benzene rings is 2. The predicted octanol–water partition coefficient (Wildman–Crippen LogP) is 6.39. The molecule has 1 aliphatic rings.